The van der Waals surface area contributed by atoms with Crippen LogP contribution in [0.2, 0.25) is 0 Å². The molecular formula is C8H8INO2. The summed E-state index contributed by atoms with van der Waals surface area (Å²) in [6.07, 6.45) is 0. The third-order valence-corrected chi connectivity index (χ3v) is 2.49. The quantitative estimate of drug-likeness (QED) is 0.803. The fraction of sp³-hybridized carbons (Fsp3) is 0.125. The Morgan fingerprint density at radius 1 is 1.50 bits per heavy atom. The summed E-state index contributed by atoms with van der Waals surface area (Å²) in [4.78, 5) is 10.5. The normalized spacial score (nSPS) is 12.5. The Hall–Kier alpha value is -0.620. The van der Waals surface area contributed by atoms with Crippen molar-refractivity contribution in [3.8, 4) is 0 Å². The smallest absolute Gasteiger partial charge is 0.325 e. The summed E-state index contributed by atoms with van der Waals surface area (Å²) in [6, 6.07) is 6.26. The van der Waals surface area contributed by atoms with Crippen molar-refractivity contribution in [1.82, 2.24) is 0 Å². The molecule has 4 heteroatoms. The summed E-state index contributed by atoms with van der Waals surface area (Å²) in [7, 11) is 0. The third kappa shape index (κ3) is 1.95. The Bertz CT molecular complexity index is 301. The molecule has 0 saturated heterocycles. The lowest BCUT2D eigenvalue weighted by Gasteiger charge is -2.07. The first-order valence-corrected chi connectivity index (χ1v) is 4.43. The number of benzene rings is 1. The van der Waals surface area contributed by atoms with Gasteiger partial charge in [0, 0.05) is 3.57 Å². The van der Waals surface area contributed by atoms with Crippen molar-refractivity contribution in [3.05, 3.63) is 33.4 Å². The first-order chi connectivity index (χ1) is 5.63. The largest absolute Gasteiger partial charge is 0.480 e. The van der Waals surface area contributed by atoms with Crippen molar-refractivity contribution in [2.24, 2.45) is 5.73 Å². The Morgan fingerprint density at radius 2 is 2.08 bits per heavy atom. The van der Waals surface area contributed by atoms with Crippen molar-refractivity contribution in [1.29, 1.82) is 0 Å². The molecule has 3 nitrogen and oxygen atoms in total. The Labute approximate surface area is 83.7 Å². The van der Waals surface area contributed by atoms with E-state index in [0.717, 1.165) is 3.57 Å². The second-order valence-electron chi connectivity index (χ2n) is 2.34. The number of carboxylic acids is 1. The molecule has 1 aromatic rings. The molecule has 1 unspecified atom stereocenters. The maximum Gasteiger partial charge on any atom is 0.325 e. The zero-order valence-corrected chi connectivity index (χ0v) is 8.36. The van der Waals surface area contributed by atoms with Gasteiger partial charge >= 0.3 is 5.97 Å². The molecule has 0 aliphatic rings. The van der Waals surface area contributed by atoms with E-state index in [9.17, 15) is 4.79 Å². The van der Waals surface area contributed by atoms with Gasteiger partial charge in [0.2, 0.25) is 0 Å². The van der Waals surface area contributed by atoms with Crippen molar-refractivity contribution in [2.45, 2.75) is 6.04 Å². The molecule has 0 bridgehead atoms. The SMILES string of the molecule is NC(C(=O)O)c1ccccc1I. The second-order valence-corrected chi connectivity index (χ2v) is 3.50. The molecule has 3 N–H and O–H groups in total. The number of carbonyl (C=O) groups is 1. The molecule has 0 aliphatic carbocycles. The van der Waals surface area contributed by atoms with Gasteiger partial charge in [-0.1, -0.05) is 18.2 Å². The minimum absolute atomic E-state index is 0.658. The van der Waals surface area contributed by atoms with Crippen LogP contribution in [-0.4, -0.2) is 11.1 Å². The number of rotatable bonds is 2. The van der Waals surface area contributed by atoms with Crippen LogP contribution in [0.25, 0.3) is 0 Å². The van der Waals surface area contributed by atoms with Gasteiger partial charge in [-0.15, -0.1) is 0 Å². The van der Waals surface area contributed by atoms with Crippen LogP contribution in [0.4, 0.5) is 0 Å². The Kier molecular flexibility index (Phi) is 3.05. The van der Waals surface area contributed by atoms with E-state index in [1.54, 1.807) is 12.1 Å². The Morgan fingerprint density at radius 3 is 2.58 bits per heavy atom. The van der Waals surface area contributed by atoms with E-state index in [2.05, 4.69) is 22.6 Å². The number of nitrogens with two attached hydrogens (primary N) is 1. The minimum Gasteiger partial charge on any atom is -0.480 e. The molecule has 0 amide bonds. The maximum absolute atomic E-state index is 10.5. The summed E-state index contributed by atoms with van der Waals surface area (Å²) < 4.78 is 0.880. The number of halogens is 1. The molecule has 0 saturated carbocycles. The topological polar surface area (TPSA) is 63.3 Å². The van der Waals surface area contributed by atoms with E-state index in [-0.39, 0.29) is 0 Å². The van der Waals surface area contributed by atoms with Crippen molar-refractivity contribution >= 4 is 28.6 Å². The average molecular weight is 277 g/mol. The monoisotopic (exact) mass is 277 g/mol. The van der Waals surface area contributed by atoms with E-state index < -0.39 is 12.0 Å². The number of aliphatic carboxylic acids is 1. The molecule has 1 aromatic carbocycles. The van der Waals surface area contributed by atoms with E-state index in [1.807, 2.05) is 12.1 Å². The number of hydrogen-bond donors (Lipinski definition) is 2. The zero-order chi connectivity index (χ0) is 9.14. The molecule has 0 heterocycles. The first-order valence-electron chi connectivity index (χ1n) is 3.35. The molecule has 0 aliphatic heterocycles. The highest BCUT2D eigenvalue weighted by molar-refractivity contribution is 14.1. The molecular weight excluding hydrogens is 269 g/mol. The van der Waals surface area contributed by atoms with Crippen LogP contribution in [0.5, 0.6) is 0 Å². The van der Waals surface area contributed by atoms with E-state index in [1.165, 1.54) is 0 Å². The molecule has 1 rings (SSSR count). The van der Waals surface area contributed by atoms with Crippen molar-refractivity contribution < 1.29 is 9.90 Å². The van der Waals surface area contributed by atoms with Crippen molar-refractivity contribution in [2.75, 3.05) is 0 Å². The van der Waals surface area contributed by atoms with Crippen LogP contribution >= 0.6 is 22.6 Å². The summed E-state index contributed by atoms with van der Waals surface area (Å²) >= 11 is 2.07. The molecule has 12 heavy (non-hydrogen) atoms. The van der Waals surface area contributed by atoms with E-state index >= 15 is 0 Å². The predicted molar refractivity (Wildman–Crippen MR) is 53.7 cm³/mol. The van der Waals surface area contributed by atoms with Gasteiger partial charge in [-0.3, -0.25) is 4.79 Å². The zero-order valence-electron chi connectivity index (χ0n) is 6.20. The highest BCUT2D eigenvalue weighted by Crippen LogP contribution is 2.17. The maximum atomic E-state index is 10.5. The van der Waals surface area contributed by atoms with Crippen LogP contribution in [-0.2, 0) is 4.79 Å². The highest BCUT2D eigenvalue weighted by atomic mass is 127. The standard InChI is InChI=1S/C8H8INO2/c9-6-4-2-1-3-5(6)7(10)8(11)12/h1-4,7H,10H2,(H,11,12). The predicted octanol–water partition coefficient (Wildman–Crippen LogP) is 1.38. The average Bonchev–Trinajstić information content (AvgIpc) is 2.04. The van der Waals surface area contributed by atoms with Gasteiger partial charge in [0.05, 0.1) is 0 Å². The minimum atomic E-state index is -1.00. The molecule has 1 atom stereocenters. The summed E-state index contributed by atoms with van der Waals surface area (Å²) in [6.45, 7) is 0. The van der Waals surface area contributed by atoms with E-state index in [0.29, 0.717) is 5.56 Å². The molecule has 64 valence electrons. The van der Waals surface area contributed by atoms with E-state index in [4.69, 9.17) is 10.8 Å². The number of hydrogen-bond acceptors (Lipinski definition) is 2. The molecule has 0 spiro atoms. The molecule has 0 fully saturated rings. The lowest BCUT2D eigenvalue weighted by atomic mass is 10.1. The summed E-state index contributed by atoms with van der Waals surface area (Å²) in [5, 5.41) is 8.63. The van der Waals surface area contributed by atoms with Gasteiger partial charge < -0.3 is 10.8 Å². The highest BCUT2D eigenvalue weighted by Gasteiger charge is 2.15. The lowest BCUT2D eigenvalue weighted by molar-refractivity contribution is -0.138. The van der Waals surface area contributed by atoms with Crippen LogP contribution in [0, 0.1) is 3.57 Å². The van der Waals surface area contributed by atoms with Gasteiger partial charge in [-0.2, -0.15) is 0 Å². The number of carboxylic acid groups (broad SMARTS) is 1. The van der Waals surface area contributed by atoms with Crippen LogP contribution in [0.1, 0.15) is 11.6 Å². The molecule has 0 radical (unpaired) electrons. The summed E-state index contributed by atoms with van der Waals surface area (Å²) in [5.74, 6) is -1.00. The fourth-order valence-corrected chi connectivity index (χ4v) is 1.58. The van der Waals surface area contributed by atoms with Gasteiger partial charge in [-0.05, 0) is 34.2 Å². The Balaban J connectivity index is 3.02. The van der Waals surface area contributed by atoms with Gasteiger partial charge in [0.1, 0.15) is 6.04 Å². The van der Waals surface area contributed by atoms with Gasteiger partial charge in [0.15, 0.2) is 0 Å². The molecule has 0 aromatic heterocycles. The first kappa shape index (κ1) is 9.47. The van der Waals surface area contributed by atoms with Gasteiger partial charge in [0.25, 0.3) is 0 Å². The fourth-order valence-electron chi connectivity index (χ4n) is 0.860. The van der Waals surface area contributed by atoms with Crippen LogP contribution < -0.4 is 5.73 Å². The van der Waals surface area contributed by atoms with Crippen LogP contribution in [0.3, 0.4) is 0 Å². The second kappa shape index (κ2) is 3.86. The third-order valence-electron chi connectivity index (χ3n) is 1.51. The van der Waals surface area contributed by atoms with Gasteiger partial charge in [-0.25, -0.2) is 0 Å². The lowest BCUT2D eigenvalue weighted by Crippen LogP contribution is -2.21. The van der Waals surface area contributed by atoms with Crippen molar-refractivity contribution in [3.63, 3.8) is 0 Å². The van der Waals surface area contributed by atoms with Crippen LogP contribution in [0.15, 0.2) is 24.3 Å². The summed E-state index contributed by atoms with van der Waals surface area (Å²) in [5.41, 5.74) is 6.09.